The van der Waals surface area contributed by atoms with Crippen LogP contribution in [0.3, 0.4) is 0 Å². The van der Waals surface area contributed by atoms with Gasteiger partial charge in [0.25, 0.3) is 0 Å². The van der Waals surface area contributed by atoms with E-state index < -0.39 is 11.7 Å². The normalized spacial score (nSPS) is 15.5. The predicted molar refractivity (Wildman–Crippen MR) is 111 cm³/mol. The first-order valence-corrected chi connectivity index (χ1v) is 10.3. The number of aryl methyl sites for hydroxylation is 1. The van der Waals surface area contributed by atoms with Crippen LogP contribution in [0.5, 0.6) is 0 Å². The first kappa shape index (κ1) is 21.4. The van der Waals surface area contributed by atoms with E-state index in [1.165, 1.54) is 0 Å². The molecule has 0 radical (unpaired) electrons. The fourth-order valence-electron chi connectivity index (χ4n) is 3.72. The Morgan fingerprint density at radius 1 is 1.29 bits per heavy atom. The second kappa shape index (κ2) is 8.37. The second-order valence-corrected chi connectivity index (χ2v) is 8.12. The number of carbonyl (C=O) groups excluding carboxylic acids is 1. The van der Waals surface area contributed by atoms with Crippen molar-refractivity contribution in [2.45, 2.75) is 32.5 Å². The highest BCUT2D eigenvalue weighted by molar-refractivity contribution is 6.33. The Morgan fingerprint density at radius 2 is 2.03 bits per heavy atom. The molecule has 0 spiro atoms. The maximum absolute atomic E-state index is 12.8. The maximum Gasteiger partial charge on any atom is 0.417 e. The van der Waals surface area contributed by atoms with Crippen molar-refractivity contribution in [3.8, 4) is 0 Å². The number of rotatable bonds is 4. The topological polar surface area (TPSA) is 62.5 Å². The van der Waals surface area contributed by atoms with E-state index in [-0.39, 0.29) is 16.8 Å². The monoisotopic (exact) mass is 451 g/mol. The molecular formula is C21H21ClF3N5O. The van der Waals surface area contributed by atoms with Crippen LogP contribution < -0.4 is 10.2 Å². The molecule has 164 valence electrons. The van der Waals surface area contributed by atoms with E-state index >= 15 is 0 Å². The third-order valence-electron chi connectivity index (χ3n) is 5.42. The number of hydrogen-bond donors (Lipinski definition) is 1. The molecular weight excluding hydrogens is 431 g/mol. The minimum absolute atomic E-state index is 0.0418. The summed E-state index contributed by atoms with van der Waals surface area (Å²) in [5.74, 6) is 0.0802. The lowest BCUT2D eigenvalue weighted by molar-refractivity contribution is -0.137. The third-order valence-corrected chi connectivity index (χ3v) is 5.70. The van der Waals surface area contributed by atoms with E-state index in [2.05, 4.69) is 15.3 Å². The average Bonchev–Trinajstić information content (AvgIpc) is 3.13. The number of carbonyl (C=O) groups is 1. The molecule has 1 N–H and O–H groups in total. The zero-order valence-corrected chi connectivity index (χ0v) is 17.5. The van der Waals surface area contributed by atoms with Gasteiger partial charge >= 0.3 is 6.18 Å². The van der Waals surface area contributed by atoms with Gasteiger partial charge in [0.2, 0.25) is 5.91 Å². The molecule has 0 bridgehead atoms. The first-order chi connectivity index (χ1) is 14.7. The number of amides is 1. The van der Waals surface area contributed by atoms with Crippen molar-refractivity contribution in [2.24, 2.45) is 5.92 Å². The Hall–Kier alpha value is -2.81. The molecule has 4 heterocycles. The van der Waals surface area contributed by atoms with Gasteiger partial charge in [0, 0.05) is 37.6 Å². The van der Waals surface area contributed by atoms with E-state index in [1.54, 1.807) is 0 Å². The summed E-state index contributed by atoms with van der Waals surface area (Å²) in [4.78, 5) is 22.8. The van der Waals surface area contributed by atoms with Gasteiger partial charge < -0.3 is 14.6 Å². The van der Waals surface area contributed by atoms with Crippen LogP contribution in [0, 0.1) is 12.8 Å². The van der Waals surface area contributed by atoms with Gasteiger partial charge in [0.05, 0.1) is 22.8 Å². The van der Waals surface area contributed by atoms with E-state index in [4.69, 9.17) is 11.6 Å². The lowest BCUT2D eigenvalue weighted by Gasteiger charge is -2.32. The van der Waals surface area contributed by atoms with Crippen LogP contribution in [0.1, 0.15) is 29.7 Å². The predicted octanol–water partition coefficient (Wildman–Crippen LogP) is 4.24. The highest BCUT2D eigenvalue weighted by Gasteiger charge is 2.33. The number of piperidine rings is 1. The summed E-state index contributed by atoms with van der Waals surface area (Å²) in [5.41, 5.74) is 1.84. The Balaban J connectivity index is 1.32. The lowest BCUT2D eigenvalue weighted by atomic mass is 9.96. The van der Waals surface area contributed by atoms with Gasteiger partial charge in [-0.3, -0.25) is 4.79 Å². The second-order valence-electron chi connectivity index (χ2n) is 7.71. The SMILES string of the molecule is Cc1ccn2cc(CNC(=O)C3CCN(c4ncc(C(F)(F)F)cc4Cl)CC3)nc2c1. The molecule has 1 aliphatic rings. The van der Waals surface area contributed by atoms with Crippen molar-refractivity contribution in [3.63, 3.8) is 0 Å². The number of fused-ring (bicyclic) bond motifs is 1. The summed E-state index contributed by atoms with van der Waals surface area (Å²) in [6, 6.07) is 4.85. The van der Waals surface area contributed by atoms with Gasteiger partial charge in [0.1, 0.15) is 11.5 Å². The largest absolute Gasteiger partial charge is 0.417 e. The molecule has 1 saturated heterocycles. The van der Waals surface area contributed by atoms with Crippen LogP contribution in [-0.2, 0) is 17.5 Å². The zero-order valence-electron chi connectivity index (χ0n) is 16.8. The van der Waals surface area contributed by atoms with Gasteiger partial charge in [-0.1, -0.05) is 11.6 Å². The van der Waals surface area contributed by atoms with Crippen LogP contribution in [0.25, 0.3) is 5.65 Å². The molecule has 10 heteroatoms. The Labute approximate surface area is 182 Å². The fraction of sp³-hybridized carbons (Fsp3) is 0.381. The molecule has 0 aromatic carbocycles. The molecule has 3 aromatic heterocycles. The van der Waals surface area contributed by atoms with E-state index in [0.29, 0.717) is 38.3 Å². The van der Waals surface area contributed by atoms with Crippen molar-refractivity contribution >= 4 is 29.0 Å². The standard InChI is InChI=1S/C21H21ClF3N5O/c1-13-2-5-30-12-16(28-18(30)8-13)11-27-20(31)14-3-6-29(7-4-14)19-17(22)9-15(10-26-19)21(23,24)25/h2,5,8-10,12,14H,3-4,6-7,11H2,1H3,(H,27,31). The Kier molecular flexibility index (Phi) is 5.79. The first-order valence-electron chi connectivity index (χ1n) is 9.90. The fourth-order valence-corrected chi connectivity index (χ4v) is 4.00. The van der Waals surface area contributed by atoms with Crippen molar-refractivity contribution in [3.05, 3.63) is 58.6 Å². The zero-order chi connectivity index (χ0) is 22.2. The molecule has 6 nitrogen and oxygen atoms in total. The van der Waals surface area contributed by atoms with Crippen LogP contribution in [-0.4, -0.2) is 33.4 Å². The van der Waals surface area contributed by atoms with Crippen molar-refractivity contribution in [1.29, 1.82) is 0 Å². The van der Waals surface area contributed by atoms with Crippen LogP contribution >= 0.6 is 11.6 Å². The number of halogens is 4. The van der Waals surface area contributed by atoms with Gasteiger partial charge in [-0.2, -0.15) is 13.2 Å². The van der Waals surface area contributed by atoms with Gasteiger partial charge in [0.15, 0.2) is 0 Å². The summed E-state index contributed by atoms with van der Waals surface area (Å²) in [6.07, 6.45) is 1.25. The number of anilines is 1. The molecule has 0 saturated carbocycles. The van der Waals surface area contributed by atoms with E-state index in [9.17, 15) is 18.0 Å². The van der Waals surface area contributed by atoms with Crippen LogP contribution in [0.4, 0.5) is 19.0 Å². The summed E-state index contributed by atoms with van der Waals surface area (Å²) in [6.45, 7) is 3.32. The molecule has 1 fully saturated rings. The van der Waals surface area contributed by atoms with Crippen LogP contribution in [0.15, 0.2) is 36.8 Å². The molecule has 3 aromatic rings. The number of imidazole rings is 1. The highest BCUT2D eigenvalue weighted by Crippen LogP contribution is 2.34. The quantitative estimate of drug-likeness (QED) is 0.644. The van der Waals surface area contributed by atoms with Gasteiger partial charge in [-0.15, -0.1) is 0 Å². The lowest BCUT2D eigenvalue weighted by Crippen LogP contribution is -2.40. The summed E-state index contributed by atoms with van der Waals surface area (Å²) in [5, 5.41) is 2.89. The molecule has 0 unspecified atom stereocenters. The van der Waals surface area contributed by atoms with Gasteiger partial charge in [-0.05, 0) is 43.5 Å². The van der Waals surface area contributed by atoms with Crippen molar-refractivity contribution < 1.29 is 18.0 Å². The molecule has 31 heavy (non-hydrogen) atoms. The highest BCUT2D eigenvalue weighted by atomic mass is 35.5. The number of nitrogens with one attached hydrogen (secondary N) is 1. The minimum atomic E-state index is -4.49. The number of alkyl halides is 3. The molecule has 4 rings (SSSR count). The van der Waals surface area contributed by atoms with Gasteiger partial charge in [-0.25, -0.2) is 9.97 Å². The number of aromatic nitrogens is 3. The van der Waals surface area contributed by atoms with Crippen LogP contribution in [0.2, 0.25) is 5.02 Å². The van der Waals surface area contributed by atoms with Crippen molar-refractivity contribution in [2.75, 3.05) is 18.0 Å². The third kappa shape index (κ3) is 4.76. The Morgan fingerprint density at radius 3 is 2.71 bits per heavy atom. The molecule has 1 amide bonds. The molecule has 1 aliphatic heterocycles. The van der Waals surface area contributed by atoms with E-state index in [0.717, 1.165) is 29.2 Å². The smallest absolute Gasteiger partial charge is 0.355 e. The molecule has 0 atom stereocenters. The summed E-state index contributed by atoms with van der Waals surface area (Å²) >= 11 is 6.04. The minimum Gasteiger partial charge on any atom is -0.355 e. The number of nitrogens with zero attached hydrogens (tertiary/aromatic N) is 4. The summed E-state index contributed by atoms with van der Waals surface area (Å²) in [7, 11) is 0. The number of pyridine rings is 2. The summed E-state index contributed by atoms with van der Waals surface area (Å²) < 4.78 is 40.3. The van der Waals surface area contributed by atoms with Crippen molar-refractivity contribution in [1.82, 2.24) is 19.7 Å². The Bertz CT molecular complexity index is 1110. The number of hydrogen-bond acceptors (Lipinski definition) is 4. The average molecular weight is 452 g/mol. The molecule has 0 aliphatic carbocycles. The maximum atomic E-state index is 12.8. The van der Waals surface area contributed by atoms with E-state index in [1.807, 2.05) is 40.8 Å².